The number of rotatable bonds is 3. The average Bonchev–Trinajstić information content (AvgIpc) is 2.81. The highest BCUT2D eigenvalue weighted by atomic mass is 16.3. The van der Waals surface area contributed by atoms with Gasteiger partial charge in [0, 0.05) is 28.2 Å². The molecule has 0 saturated carbocycles. The minimum Gasteiger partial charge on any atom is -0.494 e. The second-order valence-electron chi connectivity index (χ2n) is 5.59. The van der Waals surface area contributed by atoms with E-state index >= 15 is 0 Å². The Kier molecular flexibility index (Phi) is 3.59. The standard InChI is InChI=1S/C18H19N3O/c1-11(2)20-17(12-6-4-3-5-7-12)16-14-10-13(19)8-9-15(14)21-18(16)22/h3-11,21-22H,19H2,1-2H3. The van der Waals surface area contributed by atoms with E-state index in [0.717, 1.165) is 22.2 Å². The number of nitrogens with one attached hydrogen (secondary N) is 1. The normalized spacial score (nSPS) is 12.2. The molecule has 1 heterocycles. The lowest BCUT2D eigenvalue weighted by Gasteiger charge is -2.09. The zero-order valence-corrected chi connectivity index (χ0v) is 12.7. The van der Waals surface area contributed by atoms with E-state index < -0.39 is 0 Å². The van der Waals surface area contributed by atoms with Gasteiger partial charge in [-0.15, -0.1) is 0 Å². The lowest BCUT2D eigenvalue weighted by atomic mass is 10.0. The maximum Gasteiger partial charge on any atom is 0.199 e. The quantitative estimate of drug-likeness (QED) is 0.509. The summed E-state index contributed by atoms with van der Waals surface area (Å²) in [7, 11) is 0. The summed E-state index contributed by atoms with van der Waals surface area (Å²) in [6.45, 7) is 4.03. The predicted molar refractivity (Wildman–Crippen MR) is 91.6 cm³/mol. The van der Waals surface area contributed by atoms with E-state index in [-0.39, 0.29) is 11.9 Å². The van der Waals surface area contributed by atoms with Crippen molar-refractivity contribution in [3.05, 3.63) is 59.7 Å². The number of aliphatic imine (C=N–C) groups is 1. The molecule has 0 unspecified atom stereocenters. The van der Waals surface area contributed by atoms with Crippen LogP contribution in [0.4, 0.5) is 5.69 Å². The van der Waals surface area contributed by atoms with Gasteiger partial charge in [-0.05, 0) is 32.0 Å². The molecule has 0 fully saturated rings. The summed E-state index contributed by atoms with van der Waals surface area (Å²) in [5.74, 6) is 0.115. The SMILES string of the molecule is CC(C)N=C(c1ccccc1)c1c(O)[nH]c2ccc(N)cc12. The fraction of sp³-hybridized carbons (Fsp3) is 0.167. The first-order valence-electron chi connectivity index (χ1n) is 7.30. The molecule has 4 nitrogen and oxygen atoms in total. The molecule has 4 heteroatoms. The summed E-state index contributed by atoms with van der Waals surface area (Å²) in [6.07, 6.45) is 0. The molecule has 4 N–H and O–H groups in total. The molecule has 0 spiro atoms. The van der Waals surface area contributed by atoms with Crippen LogP contribution < -0.4 is 5.73 Å². The van der Waals surface area contributed by atoms with Crippen LogP contribution in [0.3, 0.4) is 0 Å². The van der Waals surface area contributed by atoms with Crippen molar-refractivity contribution >= 4 is 22.3 Å². The number of benzene rings is 2. The molecule has 3 aromatic rings. The van der Waals surface area contributed by atoms with Crippen LogP contribution in [-0.2, 0) is 0 Å². The van der Waals surface area contributed by atoms with Gasteiger partial charge in [-0.3, -0.25) is 4.99 Å². The van der Waals surface area contributed by atoms with Gasteiger partial charge >= 0.3 is 0 Å². The Balaban J connectivity index is 2.30. The summed E-state index contributed by atoms with van der Waals surface area (Å²) in [5, 5.41) is 11.3. The van der Waals surface area contributed by atoms with Crippen molar-refractivity contribution in [3.8, 4) is 5.88 Å². The number of hydrogen-bond donors (Lipinski definition) is 3. The molecule has 0 saturated heterocycles. The molecule has 0 radical (unpaired) electrons. The van der Waals surface area contributed by atoms with E-state index in [0.29, 0.717) is 11.3 Å². The van der Waals surface area contributed by atoms with Crippen LogP contribution in [0.15, 0.2) is 53.5 Å². The van der Waals surface area contributed by atoms with Gasteiger partial charge in [-0.25, -0.2) is 0 Å². The van der Waals surface area contributed by atoms with Crippen LogP contribution in [0.1, 0.15) is 25.0 Å². The highest BCUT2D eigenvalue weighted by molar-refractivity contribution is 6.21. The van der Waals surface area contributed by atoms with Crippen LogP contribution in [-0.4, -0.2) is 21.8 Å². The van der Waals surface area contributed by atoms with Crippen molar-refractivity contribution in [1.82, 2.24) is 4.98 Å². The molecule has 0 aliphatic heterocycles. The number of aromatic hydroxyl groups is 1. The van der Waals surface area contributed by atoms with Gasteiger partial charge in [0.1, 0.15) is 0 Å². The van der Waals surface area contributed by atoms with Crippen molar-refractivity contribution in [2.45, 2.75) is 19.9 Å². The molecule has 2 aromatic carbocycles. The molecule has 22 heavy (non-hydrogen) atoms. The van der Waals surface area contributed by atoms with Gasteiger partial charge in [0.2, 0.25) is 0 Å². The average molecular weight is 293 g/mol. The molecule has 0 atom stereocenters. The van der Waals surface area contributed by atoms with Crippen LogP contribution >= 0.6 is 0 Å². The Labute approximate surface area is 129 Å². The van der Waals surface area contributed by atoms with E-state index in [9.17, 15) is 5.11 Å². The molecule has 3 rings (SSSR count). The van der Waals surface area contributed by atoms with Crippen molar-refractivity contribution in [3.63, 3.8) is 0 Å². The molecule has 0 aliphatic carbocycles. The third-order valence-corrected chi connectivity index (χ3v) is 3.47. The highest BCUT2D eigenvalue weighted by Crippen LogP contribution is 2.31. The zero-order chi connectivity index (χ0) is 15.7. The van der Waals surface area contributed by atoms with Gasteiger partial charge in [0.05, 0.1) is 11.3 Å². The molecular formula is C18H19N3O. The van der Waals surface area contributed by atoms with E-state index in [1.807, 2.05) is 62.4 Å². The Morgan fingerprint density at radius 1 is 1.14 bits per heavy atom. The number of nitrogens with zero attached hydrogens (tertiary/aromatic N) is 1. The van der Waals surface area contributed by atoms with E-state index in [4.69, 9.17) is 10.7 Å². The Morgan fingerprint density at radius 2 is 1.86 bits per heavy atom. The van der Waals surface area contributed by atoms with E-state index in [1.54, 1.807) is 0 Å². The maximum absolute atomic E-state index is 10.4. The fourth-order valence-electron chi connectivity index (χ4n) is 2.57. The molecular weight excluding hydrogens is 274 g/mol. The lowest BCUT2D eigenvalue weighted by molar-refractivity contribution is 0.457. The predicted octanol–water partition coefficient (Wildman–Crippen LogP) is 3.70. The third kappa shape index (κ3) is 2.55. The number of aromatic amines is 1. The topological polar surface area (TPSA) is 74.4 Å². The van der Waals surface area contributed by atoms with Gasteiger partial charge in [-0.2, -0.15) is 0 Å². The zero-order valence-electron chi connectivity index (χ0n) is 12.7. The second kappa shape index (κ2) is 5.56. The number of hydrogen-bond acceptors (Lipinski definition) is 3. The second-order valence-corrected chi connectivity index (χ2v) is 5.59. The van der Waals surface area contributed by atoms with Gasteiger partial charge in [-0.1, -0.05) is 30.3 Å². The number of nitrogens with two attached hydrogens (primary N) is 1. The number of H-pyrrole nitrogens is 1. The maximum atomic E-state index is 10.4. The van der Waals surface area contributed by atoms with Crippen LogP contribution in [0.5, 0.6) is 5.88 Å². The van der Waals surface area contributed by atoms with Crippen molar-refractivity contribution in [2.75, 3.05) is 5.73 Å². The third-order valence-electron chi connectivity index (χ3n) is 3.47. The summed E-state index contributed by atoms with van der Waals surface area (Å²) < 4.78 is 0. The largest absolute Gasteiger partial charge is 0.494 e. The first kappa shape index (κ1) is 14.2. The van der Waals surface area contributed by atoms with Crippen LogP contribution in [0.2, 0.25) is 0 Å². The van der Waals surface area contributed by atoms with Crippen LogP contribution in [0.25, 0.3) is 10.9 Å². The van der Waals surface area contributed by atoms with E-state index in [2.05, 4.69) is 4.98 Å². The first-order chi connectivity index (χ1) is 10.6. The number of nitrogen functional groups attached to an aromatic ring is 1. The highest BCUT2D eigenvalue weighted by Gasteiger charge is 2.18. The number of anilines is 1. The molecule has 112 valence electrons. The monoisotopic (exact) mass is 293 g/mol. The number of aromatic nitrogens is 1. The number of fused-ring (bicyclic) bond motifs is 1. The van der Waals surface area contributed by atoms with Crippen LogP contribution in [0, 0.1) is 0 Å². The Bertz CT molecular complexity index is 832. The minimum atomic E-state index is 0.112. The molecule has 0 bridgehead atoms. The first-order valence-corrected chi connectivity index (χ1v) is 7.30. The minimum absolute atomic E-state index is 0.112. The molecule has 0 aliphatic rings. The van der Waals surface area contributed by atoms with Crippen molar-refractivity contribution < 1.29 is 5.11 Å². The lowest BCUT2D eigenvalue weighted by Crippen LogP contribution is -2.07. The van der Waals surface area contributed by atoms with Gasteiger partial charge in [0.15, 0.2) is 5.88 Å². The van der Waals surface area contributed by atoms with Gasteiger partial charge < -0.3 is 15.8 Å². The summed E-state index contributed by atoms with van der Waals surface area (Å²) in [6, 6.07) is 15.5. The van der Waals surface area contributed by atoms with Crippen molar-refractivity contribution in [1.29, 1.82) is 0 Å². The molecule has 0 amide bonds. The Hall–Kier alpha value is -2.75. The summed E-state index contributed by atoms with van der Waals surface area (Å²) in [5.41, 5.74) is 9.84. The smallest absolute Gasteiger partial charge is 0.199 e. The summed E-state index contributed by atoms with van der Waals surface area (Å²) >= 11 is 0. The van der Waals surface area contributed by atoms with Crippen molar-refractivity contribution in [2.24, 2.45) is 4.99 Å². The van der Waals surface area contributed by atoms with Gasteiger partial charge in [0.25, 0.3) is 0 Å². The summed E-state index contributed by atoms with van der Waals surface area (Å²) in [4.78, 5) is 7.72. The Morgan fingerprint density at radius 3 is 2.55 bits per heavy atom. The fourth-order valence-corrected chi connectivity index (χ4v) is 2.57. The molecule has 1 aromatic heterocycles. The van der Waals surface area contributed by atoms with E-state index in [1.165, 1.54) is 0 Å².